The van der Waals surface area contributed by atoms with Gasteiger partial charge in [-0.15, -0.1) is 0 Å². The number of ether oxygens (including phenoxy) is 1. The van der Waals surface area contributed by atoms with Crippen molar-refractivity contribution >= 4 is 0 Å². The highest BCUT2D eigenvalue weighted by Gasteiger charge is 2.06. The lowest BCUT2D eigenvalue weighted by atomic mass is 10.1. The van der Waals surface area contributed by atoms with Crippen molar-refractivity contribution in [3.63, 3.8) is 0 Å². The number of rotatable bonds is 4. The van der Waals surface area contributed by atoms with E-state index in [4.69, 9.17) is 4.74 Å². The molecule has 1 atom stereocenters. The van der Waals surface area contributed by atoms with Crippen LogP contribution >= 0.6 is 0 Å². The molecule has 0 radical (unpaired) electrons. The van der Waals surface area contributed by atoms with Crippen molar-refractivity contribution in [1.29, 1.82) is 0 Å². The van der Waals surface area contributed by atoms with Gasteiger partial charge in [0.25, 0.3) is 0 Å². The lowest BCUT2D eigenvalue weighted by Gasteiger charge is -2.15. The lowest BCUT2D eigenvalue weighted by molar-refractivity contribution is 0.222. The summed E-state index contributed by atoms with van der Waals surface area (Å²) >= 11 is 0. The van der Waals surface area contributed by atoms with Crippen LogP contribution in [0.4, 0.5) is 0 Å². The van der Waals surface area contributed by atoms with Crippen LogP contribution in [-0.2, 0) is 6.42 Å². The Bertz CT molecular complexity index is 482. The van der Waals surface area contributed by atoms with Gasteiger partial charge in [-0.25, -0.2) is 0 Å². The zero-order valence-corrected chi connectivity index (χ0v) is 11.3. The molecule has 0 aliphatic rings. The van der Waals surface area contributed by atoms with Crippen molar-refractivity contribution in [2.45, 2.75) is 33.3 Å². The third-order valence-corrected chi connectivity index (χ3v) is 2.90. The van der Waals surface area contributed by atoms with Gasteiger partial charge in [-0.05, 0) is 49.6 Å². The molecule has 0 N–H and O–H groups in total. The number of aryl methyl sites for hydroxylation is 2. The second-order valence-electron chi connectivity index (χ2n) is 4.94. The second-order valence-corrected chi connectivity index (χ2v) is 4.94. The maximum atomic E-state index is 5.98. The van der Waals surface area contributed by atoms with Crippen molar-refractivity contribution in [3.8, 4) is 5.75 Å². The van der Waals surface area contributed by atoms with Gasteiger partial charge in [0.1, 0.15) is 5.75 Å². The van der Waals surface area contributed by atoms with E-state index in [0.717, 1.165) is 12.2 Å². The van der Waals surface area contributed by atoms with E-state index < -0.39 is 0 Å². The molecule has 1 heteroatoms. The van der Waals surface area contributed by atoms with Gasteiger partial charge in [-0.2, -0.15) is 0 Å². The van der Waals surface area contributed by atoms with Crippen LogP contribution < -0.4 is 4.74 Å². The first-order valence-corrected chi connectivity index (χ1v) is 6.42. The van der Waals surface area contributed by atoms with Gasteiger partial charge in [0.15, 0.2) is 0 Å². The van der Waals surface area contributed by atoms with Crippen molar-refractivity contribution in [2.75, 3.05) is 0 Å². The Morgan fingerprint density at radius 2 is 1.56 bits per heavy atom. The normalized spacial score (nSPS) is 12.2. The van der Waals surface area contributed by atoms with E-state index in [2.05, 4.69) is 63.2 Å². The fourth-order valence-electron chi connectivity index (χ4n) is 2.22. The van der Waals surface area contributed by atoms with E-state index in [1.165, 1.54) is 16.7 Å². The summed E-state index contributed by atoms with van der Waals surface area (Å²) < 4.78 is 5.98. The summed E-state index contributed by atoms with van der Waals surface area (Å²) in [6, 6.07) is 16.8. The van der Waals surface area contributed by atoms with Gasteiger partial charge >= 0.3 is 0 Å². The van der Waals surface area contributed by atoms with Crippen LogP contribution in [0.1, 0.15) is 23.6 Å². The molecule has 1 nitrogen and oxygen atoms in total. The zero-order valence-electron chi connectivity index (χ0n) is 11.3. The summed E-state index contributed by atoms with van der Waals surface area (Å²) in [7, 11) is 0. The average molecular weight is 240 g/mol. The summed E-state index contributed by atoms with van der Waals surface area (Å²) in [5, 5.41) is 0. The van der Waals surface area contributed by atoms with E-state index >= 15 is 0 Å². The van der Waals surface area contributed by atoms with Gasteiger partial charge in [-0.3, -0.25) is 0 Å². The van der Waals surface area contributed by atoms with Crippen LogP contribution in [-0.4, -0.2) is 6.10 Å². The van der Waals surface area contributed by atoms with Crippen LogP contribution in [0.25, 0.3) is 0 Å². The molecule has 0 aromatic heterocycles. The summed E-state index contributed by atoms with van der Waals surface area (Å²) in [5.41, 5.74) is 3.81. The summed E-state index contributed by atoms with van der Waals surface area (Å²) in [6.45, 7) is 6.31. The highest BCUT2D eigenvalue weighted by molar-refractivity contribution is 5.33. The van der Waals surface area contributed by atoms with Gasteiger partial charge in [0.2, 0.25) is 0 Å². The van der Waals surface area contributed by atoms with E-state index in [-0.39, 0.29) is 6.10 Å². The first-order valence-electron chi connectivity index (χ1n) is 6.42. The van der Waals surface area contributed by atoms with E-state index in [9.17, 15) is 0 Å². The highest BCUT2D eigenvalue weighted by atomic mass is 16.5. The molecule has 0 aliphatic carbocycles. The Balaban J connectivity index is 2.01. The van der Waals surface area contributed by atoms with Gasteiger partial charge in [0, 0.05) is 6.42 Å². The van der Waals surface area contributed by atoms with Crippen LogP contribution in [0.5, 0.6) is 5.75 Å². The molecule has 0 heterocycles. The van der Waals surface area contributed by atoms with Crippen molar-refractivity contribution < 1.29 is 4.74 Å². The van der Waals surface area contributed by atoms with Crippen molar-refractivity contribution in [2.24, 2.45) is 0 Å². The molecule has 0 spiro atoms. The third-order valence-electron chi connectivity index (χ3n) is 2.90. The molecular weight excluding hydrogens is 220 g/mol. The Morgan fingerprint density at radius 3 is 2.17 bits per heavy atom. The molecule has 0 aliphatic heterocycles. The SMILES string of the molecule is Cc1cc(C)cc(OC(C)Cc2ccccc2)c1. The second kappa shape index (κ2) is 5.72. The molecule has 0 saturated heterocycles. The Hall–Kier alpha value is -1.76. The molecule has 94 valence electrons. The smallest absolute Gasteiger partial charge is 0.120 e. The van der Waals surface area contributed by atoms with Crippen LogP contribution in [0.3, 0.4) is 0 Å². The van der Waals surface area contributed by atoms with E-state index in [1.807, 2.05) is 6.07 Å². The standard InChI is InChI=1S/C17H20O/c1-13-9-14(2)11-17(10-13)18-15(3)12-16-7-5-4-6-8-16/h4-11,15H,12H2,1-3H3. The predicted molar refractivity (Wildman–Crippen MR) is 76.2 cm³/mol. The van der Waals surface area contributed by atoms with Gasteiger partial charge in [0.05, 0.1) is 6.10 Å². The molecule has 2 rings (SSSR count). The van der Waals surface area contributed by atoms with Crippen molar-refractivity contribution in [3.05, 3.63) is 65.2 Å². The molecular formula is C17H20O. The maximum absolute atomic E-state index is 5.98. The summed E-state index contributed by atoms with van der Waals surface area (Å²) in [5.74, 6) is 0.968. The third kappa shape index (κ3) is 3.63. The molecule has 2 aromatic rings. The Kier molecular flexibility index (Phi) is 4.03. The largest absolute Gasteiger partial charge is 0.490 e. The molecule has 0 bridgehead atoms. The highest BCUT2D eigenvalue weighted by Crippen LogP contribution is 2.18. The van der Waals surface area contributed by atoms with E-state index in [1.54, 1.807) is 0 Å². The minimum Gasteiger partial charge on any atom is -0.490 e. The fourth-order valence-corrected chi connectivity index (χ4v) is 2.22. The van der Waals surface area contributed by atoms with Crippen molar-refractivity contribution in [1.82, 2.24) is 0 Å². The molecule has 0 saturated carbocycles. The Labute approximate surface area is 109 Å². The zero-order chi connectivity index (χ0) is 13.0. The van der Waals surface area contributed by atoms with Crippen LogP contribution in [0.15, 0.2) is 48.5 Å². The number of benzene rings is 2. The fraction of sp³-hybridized carbons (Fsp3) is 0.294. The molecule has 0 amide bonds. The monoisotopic (exact) mass is 240 g/mol. The minimum absolute atomic E-state index is 0.189. The van der Waals surface area contributed by atoms with E-state index in [0.29, 0.717) is 0 Å². The summed E-state index contributed by atoms with van der Waals surface area (Å²) in [4.78, 5) is 0. The molecule has 2 aromatic carbocycles. The predicted octanol–water partition coefficient (Wildman–Crippen LogP) is 4.31. The minimum atomic E-state index is 0.189. The quantitative estimate of drug-likeness (QED) is 0.773. The van der Waals surface area contributed by atoms with Crippen LogP contribution in [0.2, 0.25) is 0 Å². The number of hydrogen-bond acceptors (Lipinski definition) is 1. The van der Waals surface area contributed by atoms with Crippen LogP contribution in [0, 0.1) is 13.8 Å². The topological polar surface area (TPSA) is 9.23 Å². The Morgan fingerprint density at radius 1 is 0.944 bits per heavy atom. The van der Waals surface area contributed by atoms with Gasteiger partial charge < -0.3 is 4.74 Å². The van der Waals surface area contributed by atoms with Gasteiger partial charge in [-0.1, -0.05) is 36.4 Å². The number of hydrogen-bond donors (Lipinski definition) is 0. The lowest BCUT2D eigenvalue weighted by Crippen LogP contribution is -2.15. The molecule has 18 heavy (non-hydrogen) atoms. The average Bonchev–Trinajstić information content (AvgIpc) is 2.28. The maximum Gasteiger partial charge on any atom is 0.120 e. The summed E-state index contributed by atoms with van der Waals surface area (Å²) in [6.07, 6.45) is 1.13. The molecule has 0 fully saturated rings. The first kappa shape index (κ1) is 12.7. The first-order chi connectivity index (χ1) is 8.63. The molecule has 1 unspecified atom stereocenters.